The van der Waals surface area contributed by atoms with E-state index < -0.39 is 18.0 Å². The Morgan fingerprint density at radius 1 is 1.44 bits per heavy atom. The summed E-state index contributed by atoms with van der Waals surface area (Å²) in [5, 5.41) is 18.8. The molecule has 0 radical (unpaired) electrons. The number of aliphatic hydroxyl groups is 1. The Labute approximate surface area is 114 Å². The zero-order valence-electron chi connectivity index (χ0n) is 10.3. The molecule has 2 aliphatic rings. The van der Waals surface area contributed by atoms with Crippen molar-refractivity contribution >= 4 is 35.4 Å². The Morgan fingerprint density at radius 3 is 2.50 bits per heavy atom. The highest BCUT2D eigenvalue weighted by Crippen LogP contribution is 2.54. The Kier molecular flexibility index (Phi) is 3.66. The van der Waals surface area contributed by atoms with Gasteiger partial charge in [-0.15, -0.1) is 11.8 Å². The van der Waals surface area contributed by atoms with E-state index in [1.54, 1.807) is 6.92 Å². The summed E-state index contributed by atoms with van der Waals surface area (Å²) >= 11 is 2.82. The van der Waals surface area contributed by atoms with Gasteiger partial charge in [0, 0.05) is 5.25 Å². The Morgan fingerprint density at radius 2 is 2.06 bits per heavy atom. The SMILES string of the molecule is CC(C)SC1=C(C(=O)O)N2C(=O)[C@H](C(C)O)[C@H]2S1. The highest BCUT2D eigenvalue weighted by molar-refractivity contribution is 8.23. The summed E-state index contributed by atoms with van der Waals surface area (Å²) in [5.74, 6) is -1.86. The van der Waals surface area contributed by atoms with Crippen LogP contribution in [0.25, 0.3) is 0 Å². The zero-order chi connectivity index (χ0) is 13.6. The fraction of sp³-hybridized carbons (Fsp3) is 0.636. The van der Waals surface area contributed by atoms with Crippen molar-refractivity contribution in [2.45, 2.75) is 37.5 Å². The molecule has 0 saturated carbocycles. The molecule has 0 spiro atoms. The van der Waals surface area contributed by atoms with Gasteiger partial charge in [0.1, 0.15) is 5.37 Å². The minimum Gasteiger partial charge on any atom is -0.477 e. The third kappa shape index (κ3) is 2.04. The molecule has 2 N–H and O–H groups in total. The predicted octanol–water partition coefficient (Wildman–Crippen LogP) is 1.29. The molecule has 0 bridgehead atoms. The van der Waals surface area contributed by atoms with Gasteiger partial charge in [-0.2, -0.15) is 0 Å². The molecular formula is C11H15NO4S2. The number of rotatable bonds is 4. The van der Waals surface area contributed by atoms with Gasteiger partial charge in [0.2, 0.25) is 5.91 Å². The lowest BCUT2D eigenvalue weighted by Crippen LogP contribution is -2.60. The summed E-state index contributed by atoms with van der Waals surface area (Å²) in [4.78, 5) is 24.4. The summed E-state index contributed by atoms with van der Waals surface area (Å²) in [6, 6.07) is 0. The van der Waals surface area contributed by atoms with Crippen LogP contribution in [0.5, 0.6) is 0 Å². The summed E-state index contributed by atoms with van der Waals surface area (Å²) in [6.07, 6.45) is -0.746. The molecule has 7 heteroatoms. The number of fused-ring (bicyclic) bond motifs is 1. The number of nitrogens with zero attached hydrogens (tertiary/aromatic N) is 1. The monoisotopic (exact) mass is 289 g/mol. The minimum atomic E-state index is -1.08. The molecule has 0 aromatic heterocycles. The second-order valence-electron chi connectivity index (χ2n) is 4.59. The number of carbonyl (C=O) groups is 2. The molecule has 2 rings (SSSR count). The van der Waals surface area contributed by atoms with Crippen LogP contribution >= 0.6 is 23.5 Å². The highest BCUT2D eigenvalue weighted by Gasteiger charge is 2.57. The van der Waals surface area contributed by atoms with Crippen LogP contribution in [0.15, 0.2) is 9.93 Å². The van der Waals surface area contributed by atoms with Gasteiger partial charge in [-0.05, 0) is 6.92 Å². The largest absolute Gasteiger partial charge is 0.477 e. The second kappa shape index (κ2) is 4.79. The first-order valence-corrected chi connectivity index (χ1v) is 7.42. The number of aliphatic hydroxyl groups excluding tert-OH is 1. The fourth-order valence-corrected chi connectivity index (χ4v) is 5.19. The number of hydrogen-bond donors (Lipinski definition) is 2. The van der Waals surface area contributed by atoms with Crippen LogP contribution in [0, 0.1) is 5.92 Å². The maximum Gasteiger partial charge on any atom is 0.354 e. The van der Waals surface area contributed by atoms with Crippen molar-refractivity contribution in [2.75, 3.05) is 0 Å². The van der Waals surface area contributed by atoms with Gasteiger partial charge in [0.15, 0.2) is 5.70 Å². The number of thioether (sulfide) groups is 2. The van der Waals surface area contributed by atoms with Gasteiger partial charge in [-0.3, -0.25) is 9.69 Å². The normalized spacial score (nSPS) is 28.5. The molecule has 0 aliphatic carbocycles. The number of β-lactam (4-membered cyclic amide) rings is 1. The molecule has 2 aliphatic heterocycles. The van der Waals surface area contributed by atoms with Crippen LogP contribution in [0.4, 0.5) is 0 Å². The number of hydrogen-bond acceptors (Lipinski definition) is 5. The summed E-state index contributed by atoms with van der Waals surface area (Å²) in [5.41, 5.74) is 0.0746. The van der Waals surface area contributed by atoms with Gasteiger partial charge in [0.05, 0.1) is 16.3 Å². The minimum absolute atomic E-state index is 0.0746. The summed E-state index contributed by atoms with van der Waals surface area (Å²) in [7, 11) is 0. The number of aliphatic carboxylic acids is 1. The molecule has 0 aromatic rings. The van der Waals surface area contributed by atoms with Gasteiger partial charge < -0.3 is 10.2 Å². The Bertz CT molecular complexity index is 433. The zero-order valence-corrected chi connectivity index (χ0v) is 11.9. The van der Waals surface area contributed by atoms with Crippen LogP contribution in [0.1, 0.15) is 20.8 Å². The quantitative estimate of drug-likeness (QED) is 0.759. The predicted molar refractivity (Wildman–Crippen MR) is 70.8 cm³/mol. The lowest BCUT2D eigenvalue weighted by Gasteiger charge is -2.43. The van der Waals surface area contributed by atoms with Crippen LogP contribution in [0.3, 0.4) is 0 Å². The Hall–Kier alpha value is -0.660. The molecular weight excluding hydrogens is 274 g/mol. The first-order valence-electron chi connectivity index (χ1n) is 5.66. The van der Waals surface area contributed by atoms with E-state index in [0.29, 0.717) is 4.24 Å². The highest BCUT2D eigenvalue weighted by atomic mass is 32.2. The number of carbonyl (C=O) groups excluding carboxylic acids is 1. The van der Waals surface area contributed by atoms with Crippen molar-refractivity contribution in [1.29, 1.82) is 0 Å². The fourth-order valence-electron chi connectivity index (χ4n) is 2.05. The first kappa shape index (κ1) is 13.8. The van der Waals surface area contributed by atoms with Crippen LogP contribution in [-0.4, -0.2) is 43.7 Å². The lowest BCUT2D eigenvalue weighted by atomic mass is 9.92. The van der Waals surface area contributed by atoms with E-state index in [1.807, 2.05) is 13.8 Å². The topological polar surface area (TPSA) is 77.8 Å². The molecule has 1 amide bonds. The number of carboxylic acids is 1. The van der Waals surface area contributed by atoms with Crippen molar-refractivity contribution < 1.29 is 19.8 Å². The molecule has 2 heterocycles. The van der Waals surface area contributed by atoms with Crippen LogP contribution in [0.2, 0.25) is 0 Å². The third-order valence-electron chi connectivity index (χ3n) is 2.81. The average Bonchev–Trinajstić information content (AvgIpc) is 2.51. The van der Waals surface area contributed by atoms with E-state index in [9.17, 15) is 19.8 Å². The van der Waals surface area contributed by atoms with Gasteiger partial charge in [-0.25, -0.2) is 4.79 Å². The van der Waals surface area contributed by atoms with E-state index in [0.717, 1.165) is 0 Å². The van der Waals surface area contributed by atoms with E-state index >= 15 is 0 Å². The average molecular weight is 289 g/mol. The van der Waals surface area contributed by atoms with E-state index in [-0.39, 0.29) is 22.2 Å². The van der Waals surface area contributed by atoms with E-state index in [1.165, 1.54) is 28.4 Å². The maximum absolute atomic E-state index is 11.9. The molecule has 5 nitrogen and oxygen atoms in total. The van der Waals surface area contributed by atoms with Crippen molar-refractivity contribution in [3.63, 3.8) is 0 Å². The molecule has 0 aromatic carbocycles. The first-order chi connectivity index (χ1) is 8.34. The molecule has 18 heavy (non-hydrogen) atoms. The van der Waals surface area contributed by atoms with Crippen LogP contribution < -0.4 is 0 Å². The standard InChI is InChI=1S/C11H15NO4S2/c1-4(2)17-11-7(10(15)16)12-8(14)6(5(3)13)9(12)18-11/h4-6,9,13H,1-3H3,(H,15,16)/t5?,6-,9+/m0/s1. The van der Waals surface area contributed by atoms with Crippen molar-refractivity contribution in [3.8, 4) is 0 Å². The number of amides is 1. The molecule has 1 unspecified atom stereocenters. The van der Waals surface area contributed by atoms with Gasteiger partial charge in [0.25, 0.3) is 0 Å². The number of carboxylic acid groups (broad SMARTS) is 1. The summed E-state index contributed by atoms with van der Waals surface area (Å²) < 4.78 is 0.666. The Balaban J connectivity index is 2.27. The third-order valence-corrected chi connectivity index (χ3v) is 5.42. The van der Waals surface area contributed by atoms with E-state index in [4.69, 9.17) is 0 Å². The van der Waals surface area contributed by atoms with Gasteiger partial charge in [-0.1, -0.05) is 25.6 Å². The lowest BCUT2D eigenvalue weighted by molar-refractivity contribution is -0.156. The smallest absolute Gasteiger partial charge is 0.354 e. The van der Waals surface area contributed by atoms with Crippen molar-refractivity contribution in [2.24, 2.45) is 5.92 Å². The molecule has 100 valence electrons. The summed E-state index contributed by atoms with van der Waals surface area (Å²) in [6.45, 7) is 5.51. The van der Waals surface area contributed by atoms with E-state index in [2.05, 4.69) is 0 Å². The molecule has 3 atom stereocenters. The van der Waals surface area contributed by atoms with Crippen molar-refractivity contribution in [3.05, 3.63) is 9.93 Å². The van der Waals surface area contributed by atoms with Gasteiger partial charge >= 0.3 is 5.97 Å². The second-order valence-corrected chi connectivity index (χ2v) is 7.56. The molecule has 1 saturated heterocycles. The maximum atomic E-state index is 11.9. The van der Waals surface area contributed by atoms with Crippen LogP contribution in [-0.2, 0) is 9.59 Å². The molecule has 1 fully saturated rings. The van der Waals surface area contributed by atoms with Crippen molar-refractivity contribution in [1.82, 2.24) is 4.90 Å².